The molecule has 0 radical (unpaired) electrons. The molecule has 0 fully saturated rings. The van der Waals surface area contributed by atoms with E-state index in [0.29, 0.717) is 33.7 Å². The molecule has 0 bridgehead atoms. The Hall–Kier alpha value is -2.23. The highest BCUT2D eigenvalue weighted by atomic mass is 35.5. The number of amides is 1. The highest BCUT2D eigenvalue weighted by Crippen LogP contribution is 2.26. The Labute approximate surface area is 150 Å². The lowest BCUT2D eigenvalue weighted by Gasteiger charge is -2.04. The number of aryl methyl sites for hydroxylation is 1. The summed E-state index contributed by atoms with van der Waals surface area (Å²) in [5.41, 5.74) is 2.37. The Morgan fingerprint density at radius 3 is 2.21 bits per heavy atom. The lowest BCUT2D eigenvalue weighted by atomic mass is 10.1. The van der Waals surface area contributed by atoms with Gasteiger partial charge < -0.3 is 9.73 Å². The maximum atomic E-state index is 12.4. The van der Waals surface area contributed by atoms with E-state index in [1.807, 2.05) is 24.3 Å². The maximum absolute atomic E-state index is 12.4. The fraction of sp³-hybridized carbons (Fsp3) is 0.105. The minimum absolute atomic E-state index is 0.175. The van der Waals surface area contributed by atoms with Crippen LogP contribution in [0.25, 0.3) is 11.3 Å². The SMILES string of the molecule is Cc1oc(-c2ccc(Cl)cc2)cc1C(=O)NCc1ccc(Cl)cc1. The predicted molar refractivity (Wildman–Crippen MR) is 96.5 cm³/mol. The van der Waals surface area contributed by atoms with Gasteiger partial charge in [0.05, 0.1) is 5.56 Å². The van der Waals surface area contributed by atoms with Crippen LogP contribution in [0.2, 0.25) is 10.0 Å². The van der Waals surface area contributed by atoms with E-state index in [-0.39, 0.29) is 5.91 Å². The normalized spacial score (nSPS) is 10.6. The van der Waals surface area contributed by atoms with E-state index in [9.17, 15) is 4.79 Å². The van der Waals surface area contributed by atoms with Gasteiger partial charge in [-0.2, -0.15) is 0 Å². The van der Waals surface area contributed by atoms with Crippen molar-refractivity contribution in [1.29, 1.82) is 0 Å². The Balaban J connectivity index is 1.73. The number of carbonyl (C=O) groups is 1. The monoisotopic (exact) mass is 359 g/mol. The second kappa shape index (κ2) is 7.12. The quantitative estimate of drug-likeness (QED) is 0.668. The minimum Gasteiger partial charge on any atom is -0.461 e. The summed E-state index contributed by atoms with van der Waals surface area (Å²) in [6.45, 7) is 2.20. The predicted octanol–water partition coefficient (Wildman–Crippen LogP) is 5.49. The summed E-state index contributed by atoms with van der Waals surface area (Å²) in [5.74, 6) is 1.04. The van der Waals surface area contributed by atoms with Crippen molar-refractivity contribution in [2.75, 3.05) is 0 Å². The molecule has 0 atom stereocenters. The number of rotatable bonds is 4. The highest BCUT2D eigenvalue weighted by molar-refractivity contribution is 6.30. The second-order valence-electron chi connectivity index (χ2n) is 5.40. The van der Waals surface area contributed by atoms with Gasteiger partial charge in [-0.1, -0.05) is 35.3 Å². The molecule has 122 valence electrons. The van der Waals surface area contributed by atoms with Crippen molar-refractivity contribution >= 4 is 29.1 Å². The van der Waals surface area contributed by atoms with Crippen LogP contribution in [-0.4, -0.2) is 5.91 Å². The average Bonchev–Trinajstić information content (AvgIpc) is 2.96. The first-order valence-electron chi connectivity index (χ1n) is 7.42. The Morgan fingerprint density at radius 1 is 1.00 bits per heavy atom. The molecule has 1 amide bonds. The molecule has 1 heterocycles. The number of carbonyl (C=O) groups excluding carboxylic acids is 1. The molecule has 3 aromatic rings. The van der Waals surface area contributed by atoms with Crippen LogP contribution in [0.1, 0.15) is 21.7 Å². The molecule has 0 aliphatic carbocycles. The third-order valence-electron chi connectivity index (χ3n) is 3.66. The number of hydrogen-bond acceptors (Lipinski definition) is 2. The van der Waals surface area contributed by atoms with E-state index in [1.165, 1.54) is 0 Å². The average molecular weight is 360 g/mol. The van der Waals surface area contributed by atoms with Gasteiger partial charge in [0.15, 0.2) is 0 Å². The molecule has 24 heavy (non-hydrogen) atoms. The van der Waals surface area contributed by atoms with Crippen LogP contribution in [0.4, 0.5) is 0 Å². The zero-order chi connectivity index (χ0) is 17.1. The van der Waals surface area contributed by atoms with Crippen molar-refractivity contribution < 1.29 is 9.21 Å². The standard InChI is InChI=1S/C19H15Cl2NO2/c1-12-17(10-18(24-12)14-4-8-16(21)9-5-14)19(23)22-11-13-2-6-15(20)7-3-13/h2-10H,11H2,1H3,(H,22,23). The van der Waals surface area contributed by atoms with E-state index >= 15 is 0 Å². The first kappa shape index (κ1) is 16.6. The maximum Gasteiger partial charge on any atom is 0.255 e. The molecule has 1 aromatic heterocycles. The summed E-state index contributed by atoms with van der Waals surface area (Å²) in [6, 6.07) is 16.4. The van der Waals surface area contributed by atoms with E-state index < -0.39 is 0 Å². The topological polar surface area (TPSA) is 42.2 Å². The lowest BCUT2D eigenvalue weighted by Crippen LogP contribution is -2.22. The van der Waals surface area contributed by atoms with Crippen LogP contribution in [0, 0.1) is 6.92 Å². The second-order valence-corrected chi connectivity index (χ2v) is 6.27. The Kier molecular flexibility index (Phi) is 4.93. The van der Waals surface area contributed by atoms with Gasteiger partial charge in [0, 0.05) is 22.2 Å². The number of nitrogens with one attached hydrogen (secondary N) is 1. The molecule has 0 unspecified atom stereocenters. The van der Waals surface area contributed by atoms with Gasteiger partial charge in [0.2, 0.25) is 0 Å². The molecule has 2 aromatic carbocycles. The van der Waals surface area contributed by atoms with E-state index in [1.54, 1.807) is 37.3 Å². The zero-order valence-electron chi connectivity index (χ0n) is 13.0. The fourth-order valence-corrected chi connectivity index (χ4v) is 2.60. The molecule has 3 nitrogen and oxygen atoms in total. The van der Waals surface area contributed by atoms with Crippen LogP contribution < -0.4 is 5.32 Å². The van der Waals surface area contributed by atoms with E-state index in [2.05, 4.69) is 5.32 Å². The lowest BCUT2D eigenvalue weighted by molar-refractivity contribution is 0.0949. The summed E-state index contributed by atoms with van der Waals surface area (Å²) >= 11 is 11.7. The zero-order valence-corrected chi connectivity index (χ0v) is 14.5. The van der Waals surface area contributed by atoms with Gasteiger partial charge in [-0.25, -0.2) is 0 Å². The van der Waals surface area contributed by atoms with Crippen LogP contribution in [0.3, 0.4) is 0 Å². The fourth-order valence-electron chi connectivity index (χ4n) is 2.34. The van der Waals surface area contributed by atoms with Crippen molar-refractivity contribution in [1.82, 2.24) is 5.32 Å². The van der Waals surface area contributed by atoms with E-state index in [0.717, 1.165) is 11.1 Å². The molecule has 3 rings (SSSR count). The summed E-state index contributed by atoms with van der Waals surface area (Å²) in [5, 5.41) is 4.21. The third kappa shape index (κ3) is 3.81. The third-order valence-corrected chi connectivity index (χ3v) is 4.16. The van der Waals surface area contributed by atoms with Crippen LogP contribution in [0.5, 0.6) is 0 Å². The summed E-state index contributed by atoms with van der Waals surface area (Å²) in [7, 11) is 0. The first-order valence-corrected chi connectivity index (χ1v) is 8.17. The summed E-state index contributed by atoms with van der Waals surface area (Å²) < 4.78 is 5.71. The molecular formula is C19H15Cl2NO2. The number of halogens is 2. The van der Waals surface area contributed by atoms with Gasteiger partial charge in [0.1, 0.15) is 11.5 Å². The molecule has 5 heteroatoms. The van der Waals surface area contributed by atoms with Crippen LogP contribution in [-0.2, 0) is 6.54 Å². The molecular weight excluding hydrogens is 345 g/mol. The Morgan fingerprint density at radius 2 is 1.58 bits per heavy atom. The largest absolute Gasteiger partial charge is 0.461 e. The summed E-state index contributed by atoms with van der Waals surface area (Å²) in [4.78, 5) is 12.4. The van der Waals surface area contributed by atoms with Crippen LogP contribution in [0.15, 0.2) is 59.0 Å². The summed E-state index contributed by atoms with van der Waals surface area (Å²) in [6.07, 6.45) is 0. The van der Waals surface area contributed by atoms with Gasteiger partial charge in [-0.3, -0.25) is 4.79 Å². The van der Waals surface area contributed by atoms with Crippen molar-refractivity contribution in [2.24, 2.45) is 0 Å². The van der Waals surface area contributed by atoms with Gasteiger partial charge in [-0.15, -0.1) is 0 Å². The minimum atomic E-state index is -0.175. The molecule has 0 saturated carbocycles. The van der Waals surface area contributed by atoms with Crippen molar-refractivity contribution in [3.63, 3.8) is 0 Å². The molecule has 1 N–H and O–H groups in total. The molecule has 0 saturated heterocycles. The van der Waals surface area contributed by atoms with Gasteiger partial charge in [0.25, 0.3) is 5.91 Å². The van der Waals surface area contributed by atoms with Crippen molar-refractivity contribution in [2.45, 2.75) is 13.5 Å². The molecule has 0 aliphatic heterocycles. The van der Waals surface area contributed by atoms with Crippen molar-refractivity contribution in [3.05, 3.63) is 81.5 Å². The van der Waals surface area contributed by atoms with Crippen LogP contribution >= 0.6 is 23.2 Å². The highest BCUT2D eigenvalue weighted by Gasteiger charge is 2.15. The molecule has 0 aliphatic rings. The van der Waals surface area contributed by atoms with E-state index in [4.69, 9.17) is 27.6 Å². The first-order chi connectivity index (χ1) is 11.5. The Bertz CT molecular complexity index is 852. The smallest absolute Gasteiger partial charge is 0.255 e. The molecule has 0 spiro atoms. The number of hydrogen-bond donors (Lipinski definition) is 1. The van der Waals surface area contributed by atoms with Gasteiger partial charge in [-0.05, 0) is 55.0 Å². The number of benzene rings is 2. The van der Waals surface area contributed by atoms with Gasteiger partial charge >= 0.3 is 0 Å². The van der Waals surface area contributed by atoms with Crippen molar-refractivity contribution in [3.8, 4) is 11.3 Å². The number of furan rings is 1.